The van der Waals surface area contributed by atoms with Crippen LogP contribution in [0.15, 0.2) is 48.7 Å². The van der Waals surface area contributed by atoms with Gasteiger partial charge in [-0.3, -0.25) is 0 Å². The van der Waals surface area contributed by atoms with Gasteiger partial charge in [-0.1, -0.05) is 39.0 Å². The second-order valence-electron chi connectivity index (χ2n) is 10.2. The summed E-state index contributed by atoms with van der Waals surface area (Å²) < 4.78 is 26.7. The summed E-state index contributed by atoms with van der Waals surface area (Å²) in [5.41, 5.74) is 1.93. The monoisotopic (exact) mass is 513 g/mol. The highest BCUT2D eigenvalue weighted by molar-refractivity contribution is 7.19. The lowest BCUT2D eigenvalue weighted by Crippen LogP contribution is -2.43. The Bertz CT molecular complexity index is 1170. The normalized spacial score (nSPS) is 13.7. The number of alkyl halides is 1. The van der Waals surface area contributed by atoms with Crippen molar-refractivity contribution in [2.24, 2.45) is 0 Å². The fourth-order valence-corrected chi connectivity index (χ4v) is 4.90. The van der Waals surface area contributed by atoms with Crippen molar-refractivity contribution < 1.29 is 13.6 Å². The fraction of sp³-hybridized carbons (Fsp3) is 0.407. The van der Waals surface area contributed by atoms with E-state index in [1.807, 2.05) is 79.8 Å². The molecule has 0 bridgehead atoms. The highest BCUT2D eigenvalue weighted by Gasteiger charge is 2.37. The van der Waals surface area contributed by atoms with Crippen molar-refractivity contribution in [3.63, 3.8) is 0 Å². The molecule has 1 unspecified atom stereocenters. The van der Waals surface area contributed by atoms with Gasteiger partial charge in [-0.25, -0.2) is 14.4 Å². The molecule has 3 aromatic rings. The van der Waals surface area contributed by atoms with Crippen molar-refractivity contribution >= 4 is 47.8 Å². The average molecular weight is 514 g/mol. The van der Waals surface area contributed by atoms with E-state index in [0.717, 1.165) is 26.6 Å². The molecule has 3 rings (SSSR count). The van der Waals surface area contributed by atoms with Crippen molar-refractivity contribution in [1.29, 1.82) is 0 Å². The molecular weight excluding hydrogens is 477 g/mol. The summed E-state index contributed by atoms with van der Waals surface area (Å²) in [6.07, 6.45) is 9.14. The number of rotatable bonds is 10. The Morgan fingerprint density at radius 3 is 2.49 bits per heavy atom. The minimum Gasteiger partial charge on any atom is -0.485 e. The second-order valence-corrected chi connectivity index (χ2v) is 16.1. The van der Waals surface area contributed by atoms with Crippen LogP contribution in [-0.2, 0) is 4.43 Å². The van der Waals surface area contributed by atoms with E-state index < -0.39 is 21.1 Å². The number of thiazole rings is 1. The zero-order valence-electron chi connectivity index (χ0n) is 21.7. The lowest BCUT2D eigenvalue weighted by molar-refractivity contribution is 0.0976. The molecule has 0 saturated heterocycles. The molecule has 0 aliphatic carbocycles. The maximum Gasteiger partial charge on any atom is 0.192 e. The van der Waals surface area contributed by atoms with E-state index in [-0.39, 0.29) is 11.6 Å². The molecule has 2 aromatic heterocycles. The molecule has 0 spiro atoms. The maximum absolute atomic E-state index is 13.7. The average Bonchev–Trinajstić information content (AvgIpc) is 3.21. The molecule has 5 nitrogen and oxygen atoms in total. The van der Waals surface area contributed by atoms with Gasteiger partial charge in [0.25, 0.3) is 0 Å². The van der Waals surface area contributed by atoms with Crippen LogP contribution in [0.2, 0.25) is 18.1 Å². The number of nitrogens with zero attached hydrogens (tertiary/aromatic N) is 3. The van der Waals surface area contributed by atoms with E-state index >= 15 is 0 Å². The Labute approximate surface area is 213 Å². The van der Waals surface area contributed by atoms with Crippen LogP contribution in [0.3, 0.4) is 0 Å². The van der Waals surface area contributed by atoms with Gasteiger partial charge in [-0.05, 0) is 60.1 Å². The van der Waals surface area contributed by atoms with Crippen LogP contribution in [0.5, 0.6) is 5.75 Å². The second kappa shape index (κ2) is 11.5. The lowest BCUT2D eigenvalue weighted by Gasteiger charge is -2.37. The number of fused-ring (bicyclic) bond motifs is 1. The van der Waals surface area contributed by atoms with Crippen LogP contribution in [0.4, 0.5) is 10.2 Å². The van der Waals surface area contributed by atoms with Gasteiger partial charge >= 0.3 is 0 Å². The molecule has 35 heavy (non-hydrogen) atoms. The number of aromatic nitrogens is 2. The van der Waals surface area contributed by atoms with Crippen molar-refractivity contribution in [3.05, 3.63) is 59.3 Å². The van der Waals surface area contributed by atoms with Crippen LogP contribution in [0.1, 0.15) is 31.3 Å². The first-order valence-corrected chi connectivity index (χ1v) is 15.5. The number of pyridine rings is 1. The lowest BCUT2D eigenvalue weighted by atomic mass is 10.2. The number of allylic oxidation sites excluding steroid dienone is 2. The van der Waals surface area contributed by atoms with E-state index in [0.29, 0.717) is 5.75 Å². The van der Waals surface area contributed by atoms with E-state index in [4.69, 9.17) is 9.16 Å². The maximum atomic E-state index is 13.7. The molecule has 0 N–H and O–H groups in total. The SMILES string of the molecule is CN(C)c1ccc(C=CC=Cc2nc3ccc(OC(CF)CO[Si](C)(C)C(C)(C)C)cc3s2)cn1. The first kappa shape index (κ1) is 27.0. The number of ether oxygens (including phenoxy) is 1. The number of hydrogen-bond acceptors (Lipinski definition) is 6. The predicted octanol–water partition coefficient (Wildman–Crippen LogP) is 7.22. The van der Waals surface area contributed by atoms with Gasteiger partial charge in [0.1, 0.15) is 29.4 Å². The summed E-state index contributed by atoms with van der Waals surface area (Å²) in [4.78, 5) is 11.0. The van der Waals surface area contributed by atoms with Gasteiger partial charge in [-0.15, -0.1) is 11.3 Å². The third-order valence-corrected chi connectivity index (χ3v) is 11.6. The molecule has 0 amide bonds. The number of benzene rings is 1. The van der Waals surface area contributed by atoms with Gasteiger partial charge in [0.2, 0.25) is 0 Å². The molecule has 0 aliphatic rings. The summed E-state index contributed by atoms with van der Waals surface area (Å²) in [6, 6.07) is 9.70. The van der Waals surface area contributed by atoms with Crippen LogP contribution in [0, 0.1) is 0 Å². The van der Waals surface area contributed by atoms with E-state index in [9.17, 15) is 4.39 Å². The largest absolute Gasteiger partial charge is 0.485 e. The highest BCUT2D eigenvalue weighted by Crippen LogP contribution is 2.36. The van der Waals surface area contributed by atoms with E-state index in [1.54, 1.807) is 11.3 Å². The Kier molecular flexibility index (Phi) is 8.85. The Balaban J connectivity index is 1.62. The molecule has 0 saturated carbocycles. The molecule has 0 fully saturated rings. The summed E-state index contributed by atoms with van der Waals surface area (Å²) >= 11 is 1.57. The van der Waals surface area contributed by atoms with Crippen LogP contribution in [0.25, 0.3) is 22.4 Å². The fourth-order valence-electron chi connectivity index (χ4n) is 2.95. The van der Waals surface area contributed by atoms with Gasteiger partial charge < -0.3 is 14.1 Å². The molecule has 8 heteroatoms. The number of hydrogen-bond donors (Lipinski definition) is 0. The van der Waals surface area contributed by atoms with Crippen molar-refractivity contribution in [3.8, 4) is 5.75 Å². The van der Waals surface area contributed by atoms with E-state index in [1.165, 1.54) is 0 Å². The first-order valence-electron chi connectivity index (χ1n) is 11.7. The Morgan fingerprint density at radius 1 is 1.11 bits per heavy atom. The van der Waals surface area contributed by atoms with E-state index in [2.05, 4.69) is 43.8 Å². The molecule has 188 valence electrons. The minimum atomic E-state index is -1.96. The number of halogens is 1. The van der Waals surface area contributed by atoms with Gasteiger partial charge in [0, 0.05) is 20.3 Å². The van der Waals surface area contributed by atoms with Gasteiger partial charge in [0.05, 0.1) is 16.8 Å². The zero-order chi connectivity index (χ0) is 25.6. The minimum absolute atomic E-state index is 0.0715. The summed E-state index contributed by atoms with van der Waals surface area (Å²) in [6.45, 7) is 10.5. The molecular formula is C27H36FN3O2SSi. The third kappa shape index (κ3) is 7.46. The number of anilines is 1. The topological polar surface area (TPSA) is 47.5 Å². The molecule has 0 aliphatic heterocycles. The summed E-state index contributed by atoms with van der Waals surface area (Å²) in [7, 11) is 1.98. The first-order chi connectivity index (χ1) is 16.5. The van der Waals surface area contributed by atoms with Crippen molar-refractivity contribution in [1.82, 2.24) is 9.97 Å². The Hall–Kier alpha value is -2.55. The molecule has 1 atom stereocenters. The Morgan fingerprint density at radius 2 is 1.86 bits per heavy atom. The smallest absolute Gasteiger partial charge is 0.192 e. The van der Waals surface area contributed by atoms with Gasteiger partial charge in [0.15, 0.2) is 8.32 Å². The highest BCUT2D eigenvalue weighted by atomic mass is 32.1. The van der Waals surface area contributed by atoms with Crippen molar-refractivity contribution in [2.45, 2.75) is 45.0 Å². The van der Waals surface area contributed by atoms with Crippen molar-refractivity contribution in [2.75, 3.05) is 32.3 Å². The summed E-state index contributed by atoms with van der Waals surface area (Å²) in [5, 5.41) is 0.966. The van der Waals surface area contributed by atoms with Gasteiger partial charge in [-0.2, -0.15) is 0 Å². The van der Waals surface area contributed by atoms with Crippen LogP contribution in [-0.4, -0.2) is 51.8 Å². The summed E-state index contributed by atoms with van der Waals surface area (Å²) in [5.74, 6) is 1.56. The molecule has 2 heterocycles. The molecule has 0 radical (unpaired) electrons. The zero-order valence-corrected chi connectivity index (χ0v) is 23.5. The third-order valence-electron chi connectivity index (χ3n) is 6.16. The van der Waals surface area contributed by atoms with Crippen LogP contribution < -0.4 is 9.64 Å². The molecule has 1 aromatic carbocycles. The standard InChI is InChI=1S/C27H36FN3O2SSi/c1-27(2,3)35(6,7)32-19-22(17-28)33-21-13-14-23-24(16-21)34-26(30-23)11-9-8-10-20-12-15-25(29-18-20)31(4)5/h8-16,18,22H,17,19H2,1-7H3. The quantitative estimate of drug-likeness (QED) is 0.211. The predicted molar refractivity (Wildman–Crippen MR) is 150 cm³/mol. The van der Waals surface area contributed by atoms with Crippen LogP contribution >= 0.6 is 11.3 Å².